The van der Waals surface area contributed by atoms with Gasteiger partial charge in [-0.05, 0) is 35.9 Å². The van der Waals surface area contributed by atoms with Crippen molar-refractivity contribution in [1.29, 1.82) is 0 Å². The highest BCUT2D eigenvalue weighted by Gasteiger charge is 2.28. The van der Waals surface area contributed by atoms with E-state index in [1.807, 2.05) is 18.2 Å². The van der Waals surface area contributed by atoms with Gasteiger partial charge in [-0.3, -0.25) is 4.90 Å². The molecule has 0 fully saturated rings. The zero-order valence-corrected chi connectivity index (χ0v) is 14.3. The van der Waals surface area contributed by atoms with Crippen molar-refractivity contribution >= 4 is 29.3 Å². The van der Waals surface area contributed by atoms with Crippen molar-refractivity contribution in [3.63, 3.8) is 0 Å². The Balaban J connectivity index is 1.99. The molecule has 0 aliphatic carbocycles. The Bertz CT molecular complexity index is 779. The monoisotopic (exact) mass is 363 g/mol. The summed E-state index contributed by atoms with van der Waals surface area (Å²) in [6.07, 6.45) is 0.249. The molecule has 1 heterocycles. The molecular weight excluding hydrogens is 349 g/mol. The van der Waals surface area contributed by atoms with Gasteiger partial charge >= 0.3 is 6.09 Å². The first-order chi connectivity index (χ1) is 11.6. The van der Waals surface area contributed by atoms with Gasteiger partial charge in [-0.1, -0.05) is 41.9 Å². The molecule has 24 heavy (non-hydrogen) atoms. The highest BCUT2D eigenvalue weighted by atomic mass is 35.5. The Morgan fingerprint density at radius 2 is 2.04 bits per heavy atom. The third kappa shape index (κ3) is 3.66. The van der Waals surface area contributed by atoms with Gasteiger partial charge in [0.2, 0.25) is 0 Å². The third-order valence-corrected chi connectivity index (χ3v) is 4.17. The van der Waals surface area contributed by atoms with E-state index < -0.39 is 6.09 Å². The molecule has 0 radical (unpaired) electrons. The van der Waals surface area contributed by atoms with Crippen molar-refractivity contribution in [2.45, 2.75) is 12.6 Å². The number of carbonyl (C=O) groups is 1. The number of carbonyl (C=O) groups excluding carboxylic acids is 1. The lowest BCUT2D eigenvalue weighted by Gasteiger charge is -2.23. The van der Waals surface area contributed by atoms with Crippen LogP contribution in [0.15, 0.2) is 55.3 Å². The van der Waals surface area contributed by atoms with Crippen LogP contribution < -0.4 is 4.74 Å². The number of halogens is 2. The number of benzene rings is 2. The predicted octanol–water partition coefficient (Wildman–Crippen LogP) is 5.21. The maximum absolute atomic E-state index is 12.2. The fourth-order valence-corrected chi connectivity index (χ4v) is 3.01. The van der Waals surface area contributed by atoms with Crippen LogP contribution in [0, 0.1) is 0 Å². The van der Waals surface area contributed by atoms with E-state index >= 15 is 0 Å². The second kappa shape index (κ2) is 7.16. The highest BCUT2D eigenvalue weighted by Crippen LogP contribution is 2.33. The molecule has 2 aromatic carbocycles. The van der Waals surface area contributed by atoms with Crippen molar-refractivity contribution in [1.82, 2.24) is 4.90 Å². The van der Waals surface area contributed by atoms with Crippen molar-refractivity contribution in [2.24, 2.45) is 0 Å². The Morgan fingerprint density at radius 1 is 1.25 bits per heavy atom. The lowest BCUT2D eigenvalue weighted by atomic mass is 10.1. The van der Waals surface area contributed by atoms with Crippen molar-refractivity contribution in [2.75, 3.05) is 6.54 Å². The van der Waals surface area contributed by atoms with Gasteiger partial charge in [-0.2, -0.15) is 0 Å². The number of nitrogens with zero attached hydrogens (tertiary/aromatic N) is 1. The smallest absolute Gasteiger partial charge is 0.415 e. The zero-order chi connectivity index (χ0) is 17.1. The molecule has 1 atom stereocenters. The van der Waals surface area contributed by atoms with E-state index in [4.69, 9.17) is 32.7 Å². The lowest BCUT2D eigenvalue weighted by Crippen LogP contribution is -2.33. The number of amides is 1. The van der Waals surface area contributed by atoms with Gasteiger partial charge in [0.05, 0.1) is 19.4 Å². The molecule has 0 saturated carbocycles. The molecule has 0 aromatic heterocycles. The van der Waals surface area contributed by atoms with Gasteiger partial charge < -0.3 is 9.47 Å². The number of hydrogen-bond acceptors (Lipinski definition) is 3. The standard InChI is InChI=1S/C18H15Cl2NO3/c1-2-23-18(22)21-10-13-9-15(20)6-7-16(13)24-17(11-21)12-4-3-5-14(19)8-12/h2-9,17H,1,10-11H2. The van der Waals surface area contributed by atoms with Gasteiger partial charge in [-0.25, -0.2) is 4.79 Å². The van der Waals surface area contributed by atoms with Crippen molar-refractivity contribution < 1.29 is 14.3 Å². The van der Waals surface area contributed by atoms with Crippen LogP contribution >= 0.6 is 23.2 Å². The van der Waals surface area contributed by atoms with Crippen LogP contribution in [0.4, 0.5) is 4.79 Å². The SMILES string of the molecule is C=COC(=O)N1Cc2cc(Cl)ccc2OC(c2cccc(Cl)c2)C1. The summed E-state index contributed by atoms with van der Waals surface area (Å²) < 4.78 is 11.0. The minimum Gasteiger partial charge on any atom is -0.484 e. The van der Waals surface area contributed by atoms with E-state index in [9.17, 15) is 4.79 Å². The average molecular weight is 364 g/mol. The molecule has 0 spiro atoms. The molecule has 124 valence electrons. The lowest BCUT2D eigenvalue weighted by molar-refractivity contribution is 0.111. The number of fused-ring (bicyclic) bond motifs is 1. The van der Waals surface area contributed by atoms with Crippen LogP contribution in [0.25, 0.3) is 0 Å². The Hall–Kier alpha value is -2.17. The van der Waals surface area contributed by atoms with E-state index in [0.29, 0.717) is 28.9 Å². The number of ether oxygens (including phenoxy) is 2. The molecule has 1 unspecified atom stereocenters. The minimum absolute atomic E-state index is 0.319. The van der Waals surface area contributed by atoms with Crippen LogP contribution in [0.2, 0.25) is 10.0 Å². The van der Waals surface area contributed by atoms with E-state index in [0.717, 1.165) is 17.4 Å². The average Bonchev–Trinajstić information content (AvgIpc) is 2.74. The summed E-state index contributed by atoms with van der Waals surface area (Å²) in [6.45, 7) is 4.08. The van der Waals surface area contributed by atoms with Crippen LogP contribution in [0.3, 0.4) is 0 Å². The Morgan fingerprint density at radius 3 is 2.79 bits per heavy atom. The van der Waals surface area contributed by atoms with Crippen LogP contribution in [-0.4, -0.2) is 17.5 Å². The maximum atomic E-state index is 12.2. The molecule has 0 bridgehead atoms. The molecule has 2 aromatic rings. The second-order valence-corrected chi connectivity index (χ2v) is 6.22. The zero-order valence-electron chi connectivity index (χ0n) is 12.7. The van der Waals surface area contributed by atoms with Gasteiger partial charge in [0, 0.05) is 15.6 Å². The van der Waals surface area contributed by atoms with E-state index in [-0.39, 0.29) is 6.10 Å². The molecule has 0 N–H and O–H groups in total. The van der Waals surface area contributed by atoms with Crippen LogP contribution in [0.1, 0.15) is 17.2 Å². The third-order valence-electron chi connectivity index (χ3n) is 3.70. The molecule has 3 rings (SSSR count). The molecule has 1 amide bonds. The van der Waals surface area contributed by atoms with Gasteiger partial charge in [-0.15, -0.1) is 0 Å². The molecule has 1 aliphatic heterocycles. The Kier molecular flexibility index (Phi) is 4.97. The normalized spacial score (nSPS) is 16.6. The molecule has 6 heteroatoms. The molecular formula is C18H15Cl2NO3. The summed E-state index contributed by atoms with van der Waals surface area (Å²) in [5.74, 6) is 0.679. The fourth-order valence-electron chi connectivity index (χ4n) is 2.61. The molecule has 0 saturated heterocycles. The van der Waals surface area contributed by atoms with Crippen LogP contribution in [0.5, 0.6) is 5.75 Å². The summed E-state index contributed by atoms with van der Waals surface area (Å²) in [5.41, 5.74) is 1.69. The topological polar surface area (TPSA) is 38.8 Å². The van der Waals surface area contributed by atoms with E-state index in [2.05, 4.69) is 6.58 Å². The van der Waals surface area contributed by atoms with Crippen LogP contribution in [-0.2, 0) is 11.3 Å². The number of rotatable bonds is 2. The van der Waals surface area contributed by atoms with E-state index in [1.165, 1.54) is 0 Å². The molecule has 4 nitrogen and oxygen atoms in total. The summed E-state index contributed by atoms with van der Waals surface area (Å²) in [4.78, 5) is 13.8. The highest BCUT2D eigenvalue weighted by molar-refractivity contribution is 6.30. The Labute approximate surface area is 150 Å². The number of hydrogen-bond donors (Lipinski definition) is 0. The van der Waals surface area contributed by atoms with Crippen molar-refractivity contribution in [3.05, 3.63) is 76.5 Å². The summed E-state index contributed by atoms with van der Waals surface area (Å²) in [6, 6.07) is 12.7. The van der Waals surface area contributed by atoms with Gasteiger partial charge in [0.1, 0.15) is 11.9 Å². The summed E-state index contributed by atoms with van der Waals surface area (Å²) in [7, 11) is 0. The second-order valence-electron chi connectivity index (χ2n) is 5.34. The first kappa shape index (κ1) is 16.7. The first-order valence-corrected chi connectivity index (χ1v) is 8.09. The summed E-state index contributed by atoms with van der Waals surface area (Å²) in [5, 5.41) is 1.19. The molecule has 1 aliphatic rings. The largest absolute Gasteiger partial charge is 0.484 e. The van der Waals surface area contributed by atoms with Crippen molar-refractivity contribution in [3.8, 4) is 5.75 Å². The first-order valence-electron chi connectivity index (χ1n) is 7.34. The summed E-state index contributed by atoms with van der Waals surface area (Å²) >= 11 is 12.2. The quantitative estimate of drug-likeness (QED) is 0.687. The van der Waals surface area contributed by atoms with Gasteiger partial charge in [0.15, 0.2) is 0 Å². The van der Waals surface area contributed by atoms with Gasteiger partial charge in [0.25, 0.3) is 0 Å². The fraction of sp³-hybridized carbons (Fsp3) is 0.167. The van der Waals surface area contributed by atoms with E-state index in [1.54, 1.807) is 29.2 Å². The minimum atomic E-state index is -0.492. The predicted molar refractivity (Wildman–Crippen MR) is 93.4 cm³/mol. The maximum Gasteiger partial charge on any atom is 0.415 e.